The van der Waals surface area contributed by atoms with E-state index in [1.807, 2.05) is 49.1 Å². The summed E-state index contributed by atoms with van der Waals surface area (Å²) in [5.41, 5.74) is 3.70. The summed E-state index contributed by atoms with van der Waals surface area (Å²) >= 11 is 0. The number of amides is 1. The van der Waals surface area contributed by atoms with Crippen LogP contribution in [0.5, 0.6) is 0 Å². The number of aryl methyl sites for hydroxylation is 1. The highest BCUT2D eigenvalue weighted by Gasteiger charge is 2.13. The number of hydrogen-bond acceptors (Lipinski definition) is 4. The molecule has 0 radical (unpaired) electrons. The van der Waals surface area contributed by atoms with E-state index >= 15 is 0 Å². The van der Waals surface area contributed by atoms with Gasteiger partial charge in [-0.25, -0.2) is 4.98 Å². The molecule has 0 aliphatic carbocycles. The van der Waals surface area contributed by atoms with Crippen LogP contribution in [0, 0.1) is 6.92 Å². The van der Waals surface area contributed by atoms with Crippen LogP contribution in [0.2, 0.25) is 0 Å². The molecule has 124 valence electrons. The van der Waals surface area contributed by atoms with Gasteiger partial charge in [-0.3, -0.25) is 9.78 Å². The van der Waals surface area contributed by atoms with Gasteiger partial charge in [0, 0.05) is 32.4 Å². The van der Waals surface area contributed by atoms with Gasteiger partial charge in [-0.2, -0.15) is 0 Å². The smallest absolute Gasteiger partial charge is 0.226 e. The molecular formula is C19H21N3O2. The summed E-state index contributed by atoms with van der Waals surface area (Å²) in [5, 5.41) is 0. The standard InChI is InChI=1S/C19H21N3O2/c1-3-22(11-8-15-6-9-20-10-7-15)19(23)13-16-4-5-17-18(12-16)24-14(2)21-17/h4-7,9-10,12H,3,8,11,13H2,1-2H3. The maximum atomic E-state index is 12.6. The first-order valence-electron chi connectivity index (χ1n) is 8.18. The van der Waals surface area contributed by atoms with Crippen molar-refractivity contribution in [3.8, 4) is 0 Å². The molecule has 2 aromatic heterocycles. The second kappa shape index (κ2) is 7.25. The highest BCUT2D eigenvalue weighted by atomic mass is 16.3. The molecule has 0 unspecified atom stereocenters. The Labute approximate surface area is 141 Å². The Hall–Kier alpha value is -2.69. The highest BCUT2D eigenvalue weighted by Crippen LogP contribution is 2.17. The SMILES string of the molecule is CCN(CCc1ccncc1)C(=O)Cc1ccc2nc(C)oc2c1. The molecule has 0 aliphatic heterocycles. The summed E-state index contributed by atoms with van der Waals surface area (Å²) in [6.07, 6.45) is 4.77. The average Bonchev–Trinajstić information content (AvgIpc) is 2.95. The number of aromatic nitrogens is 2. The van der Waals surface area contributed by atoms with Crippen molar-refractivity contribution < 1.29 is 9.21 Å². The van der Waals surface area contributed by atoms with Gasteiger partial charge < -0.3 is 9.32 Å². The van der Waals surface area contributed by atoms with Crippen LogP contribution >= 0.6 is 0 Å². The van der Waals surface area contributed by atoms with E-state index in [2.05, 4.69) is 9.97 Å². The Balaban J connectivity index is 1.64. The Morgan fingerprint density at radius 1 is 1.17 bits per heavy atom. The fraction of sp³-hybridized carbons (Fsp3) is 0.316. The highest BCUT2D eigenvalue weighted by molar-refractivity contribution is 5.81. The van der Waals surface area contributed by atoms with E-state index in [4.69, 9.17) is 4.42 Å². The topological polar surface area (TPSA) is 59.2 Å². The predicted molar refractivity (Wildman–Crippen MR) is 92.6 cm³/mol. The minimum Gasteiger partial charge on any atom is -0.441 e. The Morgan fingerprint density at radius 2 is 1.96 bits per heavy atom. The fourth-order valence-electron chi connectivity index (χ4n) is 2.75. The summed E-state index contributed by atoms with van der Waals surface area (Å²) in [6.45, 7) is 5.24. The van der Waals surface area contributed by atoms with Crippen molar-refractivity contribution in [1.29, 1.82) is 0 Å². The number of benzene rings is 1. The van der Waals surface area contributed by atoms with Crippen LogP contribution in [0.1, 0.15) is 23.9 Å². The summed E-state index contributed by atoms with van der Waals surface area (Å²) in [6, 6.07) is 9.72. The van der Waals surface area contributed by atoms with E-state index in [0.29, 0.717) is 25.4 Å². The number of fused-ring (bicyclic) bond motifs is 1. The number of hydrogen-bond donors (Lipinski definition) is 0. The average molecular weight is 323 g/mol. The quantitative estimate of drug-likeness (QED) is 0.699. The molecule has 0 saturated carbocycles. The molecule has 0 aliphatic rings. The molecule has 0 bridgehead atoms. The van der Waals surface area contributed by atoms with Crippen LogP contribution < -0.4 is 0 Å². The van der Waals surface area contributed by atoms with Crippen molar-refractivity contribution in [2.75, 3.05) is 13.1 Å². The van der Waals surface area contributed by atoms with Gasteiger partial charge >= 0.3 is 0 Å². The van der Waals surface area contributed by atoms with Gasteiger partial charge in [0.05, 0.1) is 6.42 Å². The summed E-state index contributed by atoms with van der Waals surface area (Å²) in [5.74, 6) is 0.767. The van der Waals surface area contributed by atoms with Crippen molar-refractivity contribution in [3.05, 3.63) is 59.7 Å². The zero-order valence-electron chi connectivity index (χ0n) is 14.0. The number of oxazole rings is 1. The molecule has 1 amide bonds. The molecule has 0 atom stereocenters. The lowest BCUT2D eigenvalue weighted by Gasteiger charge is -2.21. The zero-order valence-corrected chi connectivity index (χ0v) is 14.0. The van der Waals surface area contributed by atoms with Crippen LogP contribution in [-0.2, 0) is 17.6 Å². The first-order valence-corrected chi connectivity index (χ1v) is 8.18. The van der Waals surface area contributed by atoms with Gasteiger partial charge in [0.2, 0.25) is 5.91 Å². The van der Waals surface area contributed by atoms with E-state index < -0.39 is 0 Å². The van der Waals surface area contributed by atoms with Crippen LogP contribution in [-0.4, -0.2) is 33.9 Å². The first kappa shape index (κ1) is 16.2. The lowest BCUT2D eigenvalue weighted by molar-refractivity contribution is -0.130. The normalized spacial score (nSPS) is 10.9. The number of carbonyl (C=O) groups is 1. The zero-order chi connectivity index (χ0) is 16.9. The van der Waals surface area contributed by atoms with Crippen LogP contribution in [0.3, 0.4) is 0 Å². The predicted octanol–water partition coefficient (Wildman–Crippen LogP) is 3.16. The largest absolute Gasteiger partial charge is 0.441 e. The van der Waals surface area contributed by atoms with Crippen LogP contribution in [0.25, 0.3) is 11.1 Å². The molecule has 3 aromatic rings. The Morgan fingerprint density at radius 3 is 2.71 bits per heavy atom. The van der Waals surface area contributed by atoms with Crippen LogP contribution in [0.4, 0.5) is 0 Å². The first-order chi connectivity index (χ1) is 11.7. The molecule has 3 rings (SSSR count). The van der Waals surface area contributed by atoms with Gasteiger partial charge in [0.1, 0.15) is 5.52 Å². The van der Waals surface area contributed by atoms with Gasteiger partial charge in [0.15, 0.2) is 11.5 Å². The summed E-state index contributed by atoms with van der Waals surface area (Å²) in [7, 11) is 0. The third-order valence-corrected chi connectivity index (χ3v) is 4.07. The summed E-state index contributed by atoms with van der Waals surface area (Å²) < 4.78 is 5.54. The Kier molecular flexibility index (Phi) is 4.89. The van der Waals surface area contributed by atoms with Gasteiger partial charge in [-0.05, 0) is 48.7 Å². The molecule has 24 heavy (non-hydrogen) atoms. The molecule has 0 N–H and O–H groups in total. The molecule has 0 fully saturated rings. The maximum Gasteiger partial charge on any atom is 0.226 e. The number of pyridine rings is 1. The molecular weight excluding hydrogens is 302 g/mol. The summed E-state index contributed by atoms with van der Waals surface area (Å²) in [4.78, 5) is 22.8. The minimum absolute atomic E-state index is 0.127. The number of rotatable bonds is 6. The lowest BCUT2D eigenvalue weighted by atomic mass is 10.1. The van der Waals surface area contributed by atoms with Gasteiger partial charge in [-0.1, -0.05) is 6.07 Å². The fourth-order valence-corrected chi connectivity index (χ4v) is 2.75. The third kappa shape index (κ3) is 3.79. The molecule has 2 heterocycles. The second-order valence-electron chi connectivity index (χ2n) is 5.79. The molecule has 5 nitrogen and oxygen atoms in total. The Bertz CT molecular complexity index is 827. The second-order valence-corrected chi connectivity index (χ2v) is 5.79. The van der Waals surface area contributed by atoms with E-state index in [1.54, 1.807) is 12.4 Å². The van der Waals surface area contributed by atoms with Crippen molar-refractivity contribution in [2.45, 2.75) is 26.7 Å². The molecule has 0 saturated heterocycles. The minimum atomic E-state index is 0.127. The molecule has 1 aromatic carbocycles. The molecule has 5 heteroatoms. The van der Waals surface area contributed by atoms with Crippen molar-refractivity contribution in [2.24, 2.45) is 0 Å². The monoisotopic (exact) mass is 323 g/mol. The van der Waals surface area contributed by atoms with Crippen molar-refractivity contribution in [3.63, 3.8) is 0 Å². The van der Waals surface area contributed by atoms with Gasteiger partial charge in [0.25, 0.3) is 0 Å². The van der Waals surface area contributed by atoms with Crippen molar-refractivity contribution >= 4 is 17.0 Å². The number of nitrogens with zero attached hydrogens (tertiary/aromatic N) is 3. The van der Waals surface area contributed by atoms with E-state index in [0.717, 1.165) is 23.1 Å². The van der Waals surface area contributed by atoms with E-state index in [9.17, 15) is 4.79 Å². The van der Waals surface area contributed by atoms with Crippen molar-refractivity contribution in [1.82, 2.24) is 14.9 Å². The lowest BCUT2D eigenvalue weighted by Crippen LogP contribution is -2.33. The van der Waals surface area contributed by atoms with Gasteiger partial charge in [-0.15, -0.1) is 0 Å². The number of likely N-dealkylation sites (N-methyl/N-ethyl adjacent to an activating group) is 1. The van der Waals surface area contributed by atoms with Crippen LogP contribution in [0.15, 0.2) is 47.1 Å². The number of carbonyl (C=O) groups excluding carboxylic acids is 1. The van der Waals surface area contributed by atoms with E-state index in [-0.39, 0.29) is 5.91 Å². The third-order valence-electron chi connectivity index (χ3n) is 4.07. The van der Waals surface area contributed by atoms with E-state index in [1.165, 1.54) is 5.56 Å². The maximum absolute atomic E-state index is 12.6. The molecule has 0 spiro atoms.